The molecule has 0 fully saturated rings. The maximum Gasteiger partial charge on any atom is 0.391 e. The van der Waals surface area contributed by atoms with E-state index in [1.807, 2.05) is 0 Å². The molecule has 100 valence electrons. The molecule has 1 unspecified atom stereocenters. The number of rotatable bonds is 3. The molecule has 1 atom stereocenters. The van der Waals surface area contributed by atoms with E-state index in [0.29, 0.717) is 16.8 Å². The van der Waals surface area contributed by atoms with Crippen molar-refractivity contribution in [2.45, 2.75) is 32.5 Å². The first kappa shape index (κ1) is 14.3. The summed E-state index contributed by atoms with van der Waals surface area (Å²) >= 11 is 0. The molecule has 0 aliphatic rings. The Bertz CT molecular complexity index is 443. The van der Waals surface area contributed by atoms with Crippen molar-refractivity contribution in [2.75, 3.05) is 5.73 Å². The van der Waals surface area contributed by atoms with Crippen LogP contribution in [0.25, 0.3) is 0 Å². The van der Waals surface area contributed by atoms with Gasteiger partial charge in [0.25, 0.3) is 5.91 Å². The van der Waals surface area contributed by atoms with Gasteiger partial charge in [-0.2, -0.15) is 13.2 Å². The summed E-state index contributed by atoms with van der Waals surface area (Å²) < 4.78 is 36.4. The van der Waals surface area contributed by atoms with E-state index in [1.54, 1.807) is 13.0 Å². The molecule has 6 heteroatoms. The van der Waals surface area contributed by atoms with Crippen LogP contribution in [0.2, 0.25) is 0 Å². The fourth-order valence-corrected chi connectivity index (χ4v) is 1.64. The number of nitrogen functional groups attached to an aromatic ring is 1. The Morgan fingerprint density at radius 3 is 2.56 bits per heavy atom. The summed E-state index contributed by atoms with van der Waals surface area (Å²) in [6.07, 6.45) is -5.34. The maximum atomic E-state index is 12.1. The number of amides is 1. The summed E-state index contributed by atoms with van der Waals surface area (Å²) in [4.78, 5) is 11.8. The molecule has 0 saturated carbocycles. The quantitative estimate of drug-likeness (QED) is 0.821. The molecule has 1 rings (SSSR count). The van der Waals surface area contributed by atoms with Crippen molar-refractivity contribution in [1.82, 2.24) is 5.32 Å². The van der Waals surface area contributed by atoms with Crippen LogP contribution < -0.4 is 11.1 Å². The molecule has 0 aliphatic heterocycles. The van der Waals surface area contributed by atoms with Gasteiger partial charge in [0.15, 0.2) is 0 Å². The molecule has 3 N–H and O–H groups in total. The van der Waals surface area contributed by atoms with Gasteiger partial charge >= 0.3 is 6.18 Å². The van der Waals surface area contributed by atoms with Gasteiger partial charge in [0, 0.05) is 17.3 Å². The molecule has 1 aromatic rings. The van der Waals surface area contributed by atoms with Crippen molar-refractivity contribution in [1.29, 1.82) is 0 Å². The largest absolute Gasteiger partial charge is 0.399 e. The molecule has 0 heterocycles. The highest BCUT2D eigenvalue weighted by Gasteiger charge is 2.30. The first-order chi connectivity index (χ1) is 8.19. The van der Waals surface area contributed by atoms with Gasteiger partial charge in [-0.3, -0.25) is 4.79 Å². The van der Waals surface area contributed by atoms with Gasteiger partial charge in [-0.25, -0.2) is 0 Å². The molecule has 0 aromatic heterocycles. The minimum atomic E-state index is -4.29. The number of hydrogen-bond acceptors (Lipinski definition) is 2. The van der Waals surface area contributed by atoms with Crippen LogP contribution in [0, 0.1) is 6.92 Å². The predicted octanol–water partition coefficient (Wildman–Crippen LogP) is 2.65. The molecule has 0 saturated heterocycles. The average Bonchev–Trinajstić information content (AvgIpc) is 2.13. The third-order valence-corrected chi connectivity index (χ3v) is 2.41. The SMILES string of the molecule is Cc1cc(N)ccc1C(=O)NC(C)CC(F)(F)F. The minimum absolute atomic E-state index is 0.332. The third kappa shape index (κ3) is 4.27. The lowest BCUT2D eigenvalue weighted by Crippen LogP contribution is -2.36. The molecule has 0 radical (unpaired) electrons. The van der Waals surface area contributed by atoms with Crippen LogP contribution in [0.5, 0.6) is 0 Å². The van der Waals surface area contributed by atoms with Gasteiger partial charge in [0.1, 0.15) is 0 Å². The summed E-state index contributed by atoms with van der Waals surface area (Å²) in [6, 6.07) is 3.68. The second-order valence-electron chi connectivity index (χ2n) is 4.27. The molecule has 3 nitrogen and oxygen atoms in total. The molecule has 1 aromatic carbocycles. The number of carbonyl (C=O) groups excluding carboxylic acids is 1. The Morgan fingerprint density at radius 1 is 1.44 bits per heavy atom. The lowest BCUT2D eigenvalue weighted by Gasteiger charge is -2.16. The van der Waals surface area contributed by atoms with E-state index in [-0.39, 0.29) is 0 Å². The molecule has 0 bridgehead atoms. The smallest absolute Gasteiger partial charge is 0.391 e. The molecule has 18 heavy (non-hydrogen) atoms. The fraction of sp³-hybridized carbons (Fsp3) is 0.417. The number of benzene rings is 1. The van der Waals surface area contributed by atoms with Crippen LogP contribution in [0.3, 0.4) is 0 Å². The monoisotopic (exact) mass is 260 g/mol. The van der Waals surface area contributed by atoms with E-state index in [0.717, 1.165) is 0 Å². The molecule has 0 aliphatic carbocycles. The predicted molar refractivity (Wildman–Crippen MR) is 63.2 cm³/mol. The van der Waals surface area contributed by atoms with Gasteiger partial charge in [0.05, 0.1) is 6.42 Å². The van der Waals surface area contributed by atoms with E-state index >= 15 is 0 Å². The Morgan fingerprint density at radius 2 is 2.06 bits per heavy atom. The Labute approximate surface area is 103 Å². The Hall–Kier alpha value is -1.72. The number of nitrogens with one attached hydrogen (secondary N) is 1. The first-order valence-corrected chi connectivity index (χ1v) is 5.43. The number of alkyl halides is 3. The zero-order valence-corrected chi connectivity index (χ0v) is 10.1. The van der Waals surface area contributed by atoms with E-state index in [9.17, 15) is 18.0 Å². The second-order valence-corrected chi connectivity index (χ2v) is 4.27. The summed E-state index contributed by atoms with van der Waals surface area (Å²) in [7, 11) is 0. The number of anilines is 1. The maximum absolute atomic E-state index is 12.1. The van der Waals surface area contributed by atoms with Crippen molar-refractivity contribution in [3.8, 4) is 0 Å². The van der Waals surface area contributed by atoms with Gasteiger partial charge in [-0.05, 0) is 37.6 Å². The van der Waals surface area contributed by atoms with E-state index < -0.39 is 24.5 Å². The van der Waals surface area contributed by atoms with Crippen LogP contribution in [0.4, 0.5) is 18.9 Å². The molecule has 1 amide bonds. The zero-order chi connectivity index (χ0) is 13.9. The van der Waals surface area contributed by atoms with E-state index in [1.165, 1.54) is 19.1 Å². The highest BCUT2D eigenvalue weighted by Crippen LogP contribution is 2.21. The summed E-state index contributed by atoms with van der Waals surface area (Å²) in [6.45, 7) is 3.00. The van der Waals surface area contributed by atoms with Crippen LogP contribution in [-0.4, -0.2) is 18.1 Å². The van der Waals surface area contributed by atoms with Crippen molar-refractivity contribution in [3.63, 3.8) is 0 Å². The lowest BCUT2D eigenvalue weighted by molar-refractivity contribution is -0.138. The van der Waals surface area contributed by atoms with Crippen LogP contribution >= 0.6 is 0 Å². The number of hydrogen-bond donors (Lipinski definition) is 2. The first-order valence-electron chi connectivity index (χ1n) is 5.43. The molecule has 0 spiro atoms. The standard InChI is InChI=1S/C12H15F3N2O/c1-7-5-9(16)3-4-10(7)11(18)17-8(2)6-12(13,14)15/h3-5,8H,6,16H2,1-2H3,(H,17,18). The Kier molecular flexibility index (Phi) is 4.21. The van der Waals surface area contributed by atoms with E-state index in [2.05, 4.69) is 5.32 Å². The zero-order valence-electron chi connectivity index (χ0n) is 10.1. The number of carbonyl (C=O) groups is 1. The van der Waals surface area contributed by atoms with Crippen molar-refractivity contribution >= 4 is 11.6 Å². The third-order valence-electron chi connectivity index (χ3n) is 2.41. The second kappa shape index (κ2) is 5.29. The van der Waals surface area contributed by atoms with E-state index in [4.69, 9.17) is 5.73 Å². The highest BCUT2D eigenvalue weighted by molar-refractivity contribution is 5.96. The fourth-order valence-electron chi connectivity index (χ4n) is 1.64. The van der Waals surface area contributed by atoms with Crippen LogP contribution in [0.15, 0.2) is 18.2 Å². The average molecular weight is 260 g/mol. The van der Waals surface area contributed by atoms with Crippen LogP contribution in [0.1, 0.15) is 29.3 Å². The summed E-state index contributed by atoms with van der Waals surface area (Å²) in [5.74, 6) is -0.524. The van der Waals surface area contributed by atoms with Gasteiger partial charge < -0.3 is 11.1 Å². The normalized spacial score (nSPS) is 13.2. The van der Waals surface area contributed by atoms with Crippen molar-refractivity contribution in [3.05, 3.63) is 29.3 Å². The van der Waals surface area contributed by atoms with Crippen molar-refractivity contribution < 1.29 is 18.0 Å². The molecular weight excluding hydrogens is 245 g/mol. The number of halogens is 3. The summed E-state index contributed by atoms with van der Waals surface area (Å²) in [5, 5.41) is 2.31. The van der Waals surface area contributed by atoms with Gasteiger partial charge in [0.2, 0.25) is 0 Å². The minimum Gasteiger partial charge on any atom is -0.399 e. The topological polar surface area (TPSA) is 55.1 Å². The summed E-state index contributed by atoms with van der Waals surface area (Å²) in [5.41, 5.74) is 7.00. The molecular formula is C12H15F3N2O. The van der Waals surface area contributed by atoms with Crippen LogP contribution in [-0.2, 0) is 0 Å². The number of aryl methyl sites for hydroxylation is 1. The lowest BCUT2D eigenvalue weighted by atomic mass is 10.1. The van der Waals surface area contributed by atoms with Crippen molar-refractivity contribution in [2.24, 2.45) is 0 Å². The van der Waals surface area contributed by atoms with Gasteiger partial charge in [-0.1, -0.05) is 0 Å². The Balaban J connectivity index is 2.71. The number of nitrogens with two attached hydrogens (primary N) is 1. The highest BCUT2D eigenvalue weighted by atomic mass is 19.4. The van der Waals surface area contributed by atoms with Gasteiger partial charge in [-0.15, -0.1) is 0 Å².